The van der Waals surface area contributed by atoms with E-state index in [9.17, 15) is 9.59 Å². The first kappa shape index (κ1) is 11.0. The molecule has 0 spiro atoms. The molecule has 0 aromatic carbocycles. The molecule has 0 saturated heterocycles. The monoisotopic (exact) mass is 196 g/mol. The fourth-order valence-corrected chi connectivity index (χ4v) is 1.64. The standard InChI is InChI=1S/C11H16O3/c1-3-14-11(13)7-5-9-4-6-10(12)8(9)2/h3-7H2,1-2H3. The third kappa shape index (κ3) is 2.69. The molecule has 3 heteroatoms. The zero-order valence-electron chi connectivity index (χ0n) is 8.76. The van der Waals surface area contributed by atoms with Crippen LogP contribution >= 0.6 is 0 Å². The number of carbonyl (C=O) groups is 2. The van der Waals surface area contributed by atoms with Gasteiger partial charge in [0.05, 0.1) is 6.61 Å². The van der Waals surface area contributed by atoms with Gasteiger partial charge in [-0.15, -0.1) is 0 Å². The molecular formula is C11H16O3. The summed E-state index contributed by atoms with van der Waals surface area (Å²) >= 11 is 0. The second kappa shape index (κ2) is 4.94. The normalized spacial score (nSPS) is 16.3. The molecule has 0 saturated carbocycles. The largest absolute Gasteiger partial charge is 0.466 e. The van der Waals surface area contributed by atoms with Crippen LogP contribution in [-0.2, 0) is 14.3 Å². The maximum atomic E-state index is 11.2. The van der Waals surface area contributed by atoms with E-state index in [0.29, 0.717) is 25.9 Å². The molecule has 1 aliphatic carbocycles. The second-order valence-electron chi connectivity index (χ2n) is 3.46. The molecule has 0 unspecified atom stereocenters. The molecule has 0 aromatic rings. The third-order valence-corrected chi connectivity index (χ3v) is 2.54. The summed E-state index contributed by atoms with van der Waals surface area (Å²) in [7, 11) is 0. The first-order chi connectivity index (χ1) is 6.65. The Hall–Kier alpha value is -1.12. The molecule has 1 rings (SSSR count). The highest BCUT2D eigenvalue weighted by molar-refractivity contribution is 5.98. The van der Waals surface area contributed by atoms with E-state index in [1.807, 2.05) is 6.92 Å². The maximum absolute atomic E-state index is 11.2. The van der Waals surface area contributed by atoms with E-state index < -0.39 is 0 Å². The maximum Gasteiger partial charge on any atom is 0.306 e. The molecule has 3 nitrogen and oxygen atoms in total. The molecule has 0 N–H and O–H groups in total. The van der Waals surface area contributed by atoms with Crippen molar-refractivity contribution < 1.29 is 14.3 Å². The van der Waals surface area contributed by atoms with E-state index in [1.54, 1.807) is 6.92 Å². The zero-order valence-corrected chi connectivity index (χ0v) is 8.76. The summed E-state index contributed by atoms with van der Waals surface area (Å²) in [4.78, 5) is 22.2. The molecule has 0 atom stereocenters. The fourth-order valence-electron chi connectivity index (χ4n) is 1.64. The Bertz CT molecular complexity index is 276. The number of hydrogen-bond acceptors (Lipinski definition) is 3. The Morgan fingerprint density at radius 2 is 2.14 bits per heavy atom. The summed E-state index contributed by atoms with van der Waals surface area (Å²) in [5.41, 5.74) is 1.98. The first-order valence-corrected chi connectivity index (χ1v) is 5.02. The average Bonchev–Trinajstić information content (AvgIpc) is 2.46. The van der Waals surface area contributed by atoms with Gasteiger partial charge in [0.25, 0.3) is 0 Å². The Morgan fingerprint density at radius 1 is 1.43 bits per heavy atom. The Balaban J connectivity index is 2.39. The van der Waals surface area contributed by atoms with Crippen LogP contribution in [0.25, 0.3) is 0 Å². The van der Waals surface area contributed by atoms with E-state index in [-0.39, 0.29) is 11.8 Å². The minimum atomic E-state index is -0.174. The number of esters is 1. The molecule has 0 heterocycles. The van der Waals surface area contributed by atoms with Crippen LogP contribution in [0, 0.1) is 0 Å². The molecule has 1 aliphatic rings. The predicted molar refractivity (Wildman–Crippen MR) is 52.8 cm³/mol. The molecule has 0 aromatic heterocycles. The molecule has 0 radical (unpaired) electrons. The molecule has 14 heavy (non-hydrogen) atoms. The van der Waals surface area contributed by atoms with Crippen LogP contribution in [0.15, 0.2) is 11.1 Å². The topological polar surface area (TPSA) is 43.4 Å². The van der Waals surface area contributed by atoms with Gasteiger partial charge in [-0.05, 0) is 32.3 Å². The minimum absolute atomic E-state index is 0.174. The van der Waals surface area contributed by atoms with Gasteiger partial charge in [-0.3, -0.25) is 9.59 Å². The van der Waals surface area contributed by atoms with Gasteiger partial charge in [0.1, 0.15) is 0 Å². The summed E-state index contributed by atoms with van der Waals surface area (Å²) in [5, 5.41) is 0. The summed E-state index contributed by atoms with van der Waals surface area (Å²) in [6.07, 6.45) is 2.51. The lowest BCUT2D eigenvalue weighted by Crippen LogP contribution is -2.03. The fraction of sp³-hybridized carbons (Fsp3) is 0.636. The van der Waals surface area contributed by atoms with Crippen LogP contribution in [0.3, 0.4) is 0 Å². The Kier molecular flexibility index (Phi) is 3.86. The van der Waals surface area contributed by atoms with Gasteiger partial charge >= 0.3 is 5.97 Å². The Morgan fingerprint density at radius 3 is 2.64 bits per heavy atom. The number of hydrogen-bond donors (Lipinski definition) is 0. The van der Waals surface area contributed by atoms with Crippen molar-refractivity contribution in [2.24, 2.45) is 0 Å². The van der Waals surface area contributed by atoms with E-state index in [4.69, 9.17) is 4.74 Å². The zero-order chi connectivity index (χ0) is 10.6. The Labute approximate surface area is 84.1 Å². The highest BCUT2D eigenvalue weighted by atomic mass is 16.5. The van der Waals surface area contributed by atoms with Crippen molar-refractivity contribution in [3.63, 3.8) is 0 Å². The number of ketones is 1. The van der Waals surface area contributed by atoms with Crippen LogP contribution in [0.5, 0.6) is 0 Å². The van der Waals surface area contributed by atoms with Crippen molar-refractivity contribution in [3.8, 4) is 0 Å². The van der Waals surface area contributed by atoms with E-state index >= 15 is 0 Å². The van der Waals surface area contributed by atoms with Crippen molar-refractivity contribution in [1.29, 1.82) is 0 Å². The summed E-state index contributed by atoms with van der Waals surface area (Å²) in [6.45, 7) is 4.06. The third-order valence-electron chi connectivity index (χ3n) is 2.54. The highest BCUT2D eigenvalue weighted by Crippen LogP contribution is 2.26. The van der Waals surface area contributed by atoms with Gasteiger partial charge in [-0.2, -0.15) is 0 Å². The summed E-state index contributed by atoms with van der Waals surface area (Å²) < 4.78 is 4.82. The summed E-state index contributed by atoms with van der Waals surface area (Å²) in [6, 6.07) is 0. The molecule has 0 aliphatic heterocycles. The van der Waals surface area contributed by atoms with Crippen LogP contribution in [0.1, 0.15) is 39.5 Å². The van der Waals surface area contributed by atoms with Crippen molar-refractivity contribution in [2.45, 2.75) is 39.5 Å². The lowest BCUT2D eigenvalue weighted by atomic mass is 10.1. The molecular weight excluding hydrogens is 180 g/mol. The molecule has 0 bridgehead atoms. The SMILES string of the molecule is CCOC(=O)CCC1=C(C)C(=O)CC1. The lowest BCUT2D eigenvalue weighted by Gasteiger charge is -2.03. The average molecular weight is 196 g/mol. The van der Waals surface area contributed by atoms with E-state index in [2.05, 4.69) is 0 Å². The van der Waals surface area contributed by atoms with E-state index in [0.717, 1.165) is 17.6 Å². The van der Waals surface area contributed by atoms with E-state index in [1.165, 1.54) is 0 Å². The van der Waals surface area contributed by atoms with Gasteiger partial charge in [0.2, 0.25) is 0 Å². The highest BCUT2D eigenvalue weighted by Gasteiger charge is 2.19. The van der Waals surface area contributed by atoms with Crippen molar-refractivity contribution >= 4 is 11.8 Å². The van der Waals surface area contributed by atoms with Gasteiger partial charge in [-0.1, -0.05) is 5.57 Å². The minimum Gasteiger partial charge on any atom is -0.466 e. The smallest absolute Gasteiger partial charge is 0.306 e. The van der Waals surface area contributed by atoms with Crippen LogP contribution in [-0.4, -0.2) is 18.4 Å². The van der Waals surface area contributed by atoms with Crippen molar-refractivity contribution in [1.82, 2.24) is 0 Å². The number of ether oxygens (including phenoxy) is 1. The van der Waals surface area contributed by atoms with Crippen LogP contribution < -0.4 is 0 Å². The van der Waals surface area contributed by atoms with Gasteiger partial charge in [-0.25, -0.2) is 0 Å². The van der Waals surface area contributed by atoms with Gasteiger partial charge in [0, 0.05) is 12.8 Å². The number of rotatable bonds is 4. The van der Waals surface area contributed by atoms with Gasteiger partial charge < -0.3 is 4.74 Å². The van der Waals surface area contributed by atoms with Gasteiger partial charge in [0.15, 0.2) is 5.78 Å². The van der Waals surface area contributed by atoms with Crippen molar-refractivity contribution in [2.75, 3.05) is 6.61 Å². The molecule has 78 valence electrons. The molecule has 0 amide bonds. The molecule has 0 fully saturated rings. The van der Waals surface area contributed by atoms with Crippen LogP contribution in [0.2, 0.25) is 0 Å². The van der Waals surface area contributed by atoms with Crippen LogP contribution in [0.4, 0.5) is 0 Å². The lowest BCUT2D eigenvalue weighted by molar-refractivity contribution is -0.143. The van der Waals surface area contributed by atoms with Crippen molar-refractivity contribution in [3.05, 3.63) is 11.1 Å². The summed E-state index contributed by atoms with van der Waals surface area (Å²) in [5.74, 6) is 0.0519. The number of Topliss-reactive ketones (excluding diaryl/α,β-unsaturated/α-hetero) is 1. The quantitative estimate of drug-likeness (QED) is 0.646. The second-order valence-corrected chi connectivity index (χ2v) is 3.46. The number of carbonyl (C=O) groups excluding carboxylic acids is 2. The first-order valence-electron chi connectivity index (χ1n) is 5.02. The predicted octanol–water partition coefficient (Wildman–Crippen LogP) is 2.01. The number of allylic oxidation sites excluding steroid dienone is 2.